The number of nitriles is 1. The molecule has 0 fully saturated rings. The van der Waals surface area contributed by atoms with Crippen molar-refractivity contribution >= 4 is 40.7 Å². The van der Waals surface area contributed by atoms with Crippen molar-refractivity contribution in [1.82, 2.24) is 15.4 Å². The van der Waals surface area contributed by atoms with E-state index in [-0.39, 0.29) is 47.7 Å². The first-order valence-electron chi connectivity index (χ1n) is 13.2. The summed E-state index contributed by atoms with van der Waals surface area (Å²) in [4.78, 5) is 37.2. The summed E-state index contributed by atoms with van der Waals surface area (Å²) in [6, 6.07) is 21.1. The molecule has 0 aliphatic rings. The average Bonchev–Trinajstić information content (AvgIpc) is 2.99. The largest absolute Gasteiger partial charge is 0.456 e. The van der Waals surface area contributed by atoms with Crippen LogP contribution in [-0.2, 0) is 32.2 Å². The van der Waals surface area contributed by atoms with Crippen LogP contribution in [0.15, 0.2) is 72.8 Å². The summed E-state index contributed by atoms with van der Waals surface area (Å²) in [5, 5.41) is 14.6. The third kappa shape index (κ3) is 11.4. The second kappa shape index (κ2) is 16.9. The average molecular weight is 627 g/mol. The lowest BCUT2D eigenvalue weighted by Crippen LogP contribution is -2.49. The summed E-state index contributed by atoms with van der Waals surface area (Å²) in [5.41, 5.74) is 1.00. The van der Waals surface area contributed by atoms with E-state index in [0.29, 0.717) is 12.2 Å². The molecule has 3 N–H and O–H groups in total. The van der Waals surface area contributed by atoms with Gasteiger partial charge in [-0.05, 0) is 54.3 Å². The highest BCUT2D eigenvalue weighted by Crippen LogP contribution is 2.30. The number of benzene rings is 3. The Morgan fingerprint density at radius 3 is 2.33 bits per heavy atom. The van der Waals surface area contributed by atoms with Gasteiger partial charge in [-0.15, -0.1) is 0 Å². The quantitative estimate of drug-likeness (QED) is 0.221. The van der Waals surface area contributed by atoms with E-state index in [1.165, 1.54) is 12.1 Å². The number of carbonyl (C=O) groups excluding carboxylic acids is 3. The van der Waals surface area contributed by atoms with Crippen LogP contribution in [0.25, 0.3) is 0 Å². The molecule has 2 unspecified atom stereocenters. The van der Waals surface area contributed by atoms with E-state index in [9.17, 15) is 23.9 Å². The van der Waals surface area contributed by atoms with Gasteiger partial charge in [0.25, 0.3) is 11.3 Å². The fourth-order valence-electron chi connectivity index (χ4n) is 3.63. The Bertz CT molecular complexity index is 1460. The Labute approximate surface area is 257 Å². The second-order valence-electron chi connectivity index (χ2n) is 9.58. The molecule has 13 heteroatoms. The number of halogens is 1. The number of nitrogens with one attached hydrogen (secondary N) is 3. The van der Waals surface area contributed by atoms with E-state index in [4.69, 9.17) is 25.3 Å². The Morgan fingerprint density at radius 2 is 1.65 bits per heavy atom. The van der Waals surface area contributed by atoms with Gasteiger partial charge in [-0.3, -0.25) is 9.59 Å². The number of ketones is 1. The van der Waals surface area contributed by atoms with Crippen LogP contribution in [-0.4, -0.2) is 41.1 Å². The molecule has 0 aliphatic heterocycles. The van der Waals surface area contributed by atoms with E-state index in [1.807, 2.05) is 50.2 Å². The number of rotatable bonds is 15. The maximum Gasteiger partial charge on any atom is 0.408 e. The fraction of sp³-hybridized carbons (Fsp3) is 0.267. The number of alkyl carbamates (subject to hydrolysis) is 1. The van der Waals surface area contributed by atoms with Gasteiger partial charge in [-0.2, -0.15) is 14.2 Å². The zero-order chi connectivity index (χ0) is 31.2. The standard InChI is InChI=1S/C30H31ClN4O7S/c1-20(2)15-27(35-30(38)40-19-21-7-4-3-5-8-21)29(37)33-17-22(36)18-34-43(39)42-24-13-11-23(12-14-24)41-28-10-6-9-26(31)25(28)16-32/h3-14,20,27,34H,15,17-19H2,1-2H3,(H,33,37)(H,35,38). The van der Waals surface area contributed by atoms with Gasteiger partial charge in [0.15, 0.2) is 5.78 Å². The molecular formula is C30H31ClN4O7S. The molecule has 0 bridgehead atoms. The van der Waals surface area contributed by atoms with Crippen molar-refractivity contribution in [3.8, 4) is 23.3 Å². The van der Waals surface area contributed by atoms with Crippen molar-refractivity contribution in [2.24, 2.45) is 5.92 Å². The zero-order valence-electron chi connectivity index (χ0n) is 23.5. The molecule has 0 aliphatic carbocycles. The van der Waals surface area contributed by atoms with Gasteiger partial charge < -0.3 is 24.3 Å². The summed E-state index contributed by atoms with van der Waals surface area (Å²) in [7, 11) is 0. The maximum absolute atomic E-state index is 12.7. The first-order chi connectivity index (χ1) is 20.6. The molecule has 0 saturated heterocycles. The van der Waals surface area contributed by atoms with Crippen molar-refractivity contribution in [1.29, 1.82) is 5.26 Å². The zero-order valence-corrected chi connectivity index (χ0v) is 25.1. The fourth-order valence-corrected chi connectivity index (χ4v) is 4.46. The van der Waals surface area contributed by atoms with E-state index in [2.05, 4.69) is 15.4 Å². The third-order valence-electron chi connectivity index (χ3n) is 5.69. The highest BCUT2D eigenvalue weighted by Gasteiger charge is 2.23. The third-order valence-corrected chi connectivity index (χ3v) is 6.72. The Morgan fingerprint density at radius 1 is 0.953 bits per heavy atom. The number of Topliss-reactive ketones (excluding diaryl/α,β-unsaturated/α-hetero) is 1. The highest BCUT2D eigenvalue weighted by molar-refractivity contribution is 7.78. The molecule has 0 radical (unpaired) electrons. The lowest BCUT2D eigenvalue weighted by molar-refractivity contribution is -0.126. The van der Waals surface area contributed by atoms with Gasteiger partial charge >= 0.3 is 6.09 Å². The van der Waals surface area contributed by atoms with Gasteiger partial charge in [0.1, 0.15) is 41.5 Å². The van der Waals surface area contributed by atoms with Gasteiger partial charge in [0, 0.05) is 0 Å². The molecule has 3 aromatic rings. The summed E-state index contributed by atoms with van der Waals surface area (Å²) < 4.78 is 30.9. The van der Waals surface area contributed by atoms with Gasteiger partial charge in [-0.1, -0.05) is 61.8 Å². The number of ether oxygens (including phenoxy) is 2. The SMILES string of the molecule is CC(C)CC(NC(=O)OCc1ccccc1)C(=O)NCC(=O)CNS(=O)Oc1ccc(Oc2cccc(Cl)c2C#N)cc1. The smallest absolute Gasteiger partial charge is 0.408 e. The monoisotopic (exact) mass is 626 g/mol. The number of hydrogen-bond acceptors (Lipinski definition) is 8. The highest BCUT2D eigenvalue weighted by atomic mass is 35.5. The van der Waals surface area contributed by atoms with Crippen molar-refractivity contribution < 1.29 is 32.2 Å². The normalized spacial score (nSPS) is 12.0. The van der Waals surface area contributed by atoms with E-state index in [0.717, 1.165) is 5.56 Å². The molecule has 11 nitrogen and oxygen atoms in total. The minimum Gasteiger partial charge on any atom is -0.456 e. The molecule has 2 atom stereocenters. The van der Waals surface area contributed by atoms with Crippen LogP contribution in [0.4, 0.5) is 4.79 Å². The predicted octanol–water partition coefficient (Wildman–Crippen LogP) is 4.58. The van der Waals surface area contributed by atoms with Crippen LogP contribution in [0.3, 0.4) is 0 Å². The molecule has 226 valence electrons. The molecule has 0 aromatic heterocycles. The van der Waals surface area contributed by atoms with Crippen LogP contribution < -0.4 is 24.3 Å². The van der Waals surface area contributed by atoms with Crippen molar-refractivity contribution in [2.45, 2.75) is 32.9 Å². The minimum atomic E-state index is -2.06. The van der Waals surface area contributed by atoms with Crippen molar-refractivity contribution in [3.05, 3.63) is 88.9 Å². The number of carbonyl (C=O) groups is 3. The van der Waals surface area contributed by atoms with Crippen LogP contribution in [0.5, 0.6) is 17.2 Å². The molecule has 0 spiro atoms. The lowest BCUT2D eigenvalue weighted by atomic mass is 10.0. The van der Waals surface area contributed by atoms with E-state index >= 15 is 0 Å². The second-order valence-corrected chi connectivity index (χ2v) is 10.9. The molecule has 0 heterocycles. The molecule has 43 heavy (non-hydrogen) atoms. The molecule has 3 aromatic carbocycles. The predicted molar refractivity (Wildman–Crippen MR) is 160 cm³/mol. The van der Waals surface area contributed by atoms with E-state index in [1.54, 1.807) is 30.3 Å². The van der Waals surface area contributed by atoms with Gasteiger partial charge in [-0.25, -0.2) is 4.79 Å². The number of hydrogen-bond donors (Lipinski definition) is 3. The topological polar surface area (TPSA) is 156 Å². The van der Waals surface area contributed by atoms with Crippen LogP contribution in [0.1, 0.15) is 31.4 Å². The molecule has 3 rings (SSSR count). The minimum absolute atomic E-state index is 0.0518. The summed E-state index contributed by atoms with van der Waals surface area (Å²) in [5.74, 6) is -0.0157. The van der Waals surface area contributed by atoms with Crippen LogP contribution >= 0.6 is 11.6 Å². The summed E-state index contributed by atoms with van der Waals surface area (Å²) in [6.07, 6.45) is -0.417. The summed E-state index contributed by atoms with van der Waals surface area (Å²) >= 11 is 3.96. The Kier molecular flexibility index (Phi) is 13.0. The van der Waals surface area contributed by atoms with E-state index < -0.39 is 35.1 Å². The number of nitrogens with zero attached hydrogens (tertiary/aromatic N) is 1. The lowest BCUT2D eigenvalue weighted by Gasteiger charge is -2.20. The van der Waals surface area contributed by atoms with Crippen molar-refractivity contribution in [3.63, 3.8) is 0 Å². The Hall–Kier alpha value is -4.44. The van der Waals surface area contributed by atoms with Crippen LogP contribution in [0, 0.1) is 17.2 Å². The first-order valence-corrected chi connectivity index (χ1v) is 14.7. The molecule has 2 amide bonds. The van der Waals surface area contributed by atoms with Gasteiger partial charge in [0.2, 0.25) is 5.91 Å². The Balaban J connectivity index is 1.41. The van der Waals surface area contributed by atoms with Crippen molar-refractivity contribution in [2.75, 3.05) is 13.1 Å². The number of amides is 2. The van der Waals surface area contributed by atoms with Crippen LogP contribution in [0.2, 0.25) is 5.02 Å². The maximum atomic E-state index is 12.7. The van der Waals surface area contributed by atoms with Gasteiger partial charge in [0.05, 0.1) is 18.1 Å². The molecule has 0 saturated carbocycles. The summed E-state index contributed by atoms with van der Waals surface area (Å²) in [6.45, 7) is 3.15. The first kappa shape index (κ1) is 33.1. The molecular weight excluding hydrogens is 596 g/mol.